The second-order valence-electron chi connectivity index (χ2n) is 3.64. The lowest BCUT2D eigenvalue weighted by Gasteiger charge is -2.07. The van der Waals surface area contributed by atoms with E-state index in [2.05, 4.69) is 0 Å². The summed E-state index contributed by atoms with van der Waals surface area (Å²) in [7, 11) is 0. The van der Waals surface area contributed by atoms with E-state index in [-0.39, 0.29) is 17.9 Å². The molecule has 1 aromatic rings. The maximum absolute atomic E-state index is 11.7. The van der Waals surface area contributed by atoms with E-state index in [1.165, 1.54) is 0 Å². The molecule has 0 aromatic heterocycles. The Balaban J connectivity index is 1.96. The SMILES string of the molecule is O=C1CCC(CC(=O)c2ccccc2)O1. The van der Waals surface area contributed by atoms with Crippen molar-refractivity contribution < 1.29 is 14.3 Å². The van der Waals surface area contributed by atoms with Gasteiger partial charge in [-0.3, -0.25) is 9.59 Å². The van der Waals surface area contributed by atoms with Crippen LogP contribution in [0.1, 0.15) is 29.6 Å². The topological polar surface area (TPSA) is 43.4 Å². The number of esters is 1. The Hall–Kier alpha value is -1.64. The molecule has 0 amide bonds. The molecule has 1 heterocycles. The monoisotopic (exact) mass is 204 g/mol. The van der Waals surface area contributed by atoms with Crippen molar-refractivity contribution >= 4 is 11.8 Å². The van der Waals surface area contributed by atoms with Gasteiger partial charge in [0, 0.05) is 18.4 Å². The van der Waals surface area contributed by atoms with E-state index in [1.54, 1.807) is 12.1 Å². The number of hydrogen-bond acceptors (Lipinski definition) is 3. The van der Waals surface area contributed by atoms with Crippen LogP contribution >= 0.6 is 0 Å². The van der Waals surface area contributed by atoms with Gasteiger partial charge in [0.25, 0.3) is 0 Å². The molecule has 3 heteroatoms. The molecule has 1 saturated heterocycles. The highest BCUT2D eigenvalue weighted by Crippen LogP contribution is 2.18. The van der Waals surface area contributed by atoms with Gasteiger partial charge in [-0.05, 0) is 6.42 Å². The van der Waals surface area contributed by atoms with Gasteiger partial charge >= 0.3 is 5.97 Å². The number of hydrogen-bond donors (Lipinski definition) is 0. The Morgan fingerprint density at radius 2 is 2.07 bits per heavy atom. The predicted octanol–water partition coefficient (Wildman–Crippen LogP) is 1.97. The van der Waals surface area contributed by atoms with Crippen molar-refractivity contribution in [1.82, 2.24) is 0 Å². The number of carbonyl (C=O) groups is 2. The first-order valence-corrected chi connectivity index (χ1v) is 5.03. The van der Waals surface area contributed by atoms with Gasteiger partial charge in [0.2, 0.25) is 0 Å². The average Bonchev–Trinajstić information content (AvgIpc) is 2.65. The number of cyclic esters (lactones) is 1. The normalized spacial score (nSPS) is 20.0. The van der Waals surface area contributed by atoms with E-state index in [1.807, 2.05) is 18.2 Å². The first kappa shape index (κ1) is 9.90. The maximum atomic E-state index is 11.7. The molecule has 1 unspecified atom stereocenters. The molecular weight excluding hydrogens is 192 g/mol. The Labute approximate surface area is 88.1 Å². The molecule has 0 aliphatic carbocycles. The van der Waals surface area contributed by atoms with Gasteiger partial charge in [-0.15, -0.1) is 0 Å². The predicted molar refractivity (Wildman–Crippen MR) is 54.5 cm³/mol. The van der Waals surface area contributed by atoms with E-state index >= 15 is 0 Å². The minimum atomic E-state index is -0.217. The van der Waals surface area contributed by atoms with Crippen molar-refractivity contribution in [2.24, 2.45) is 0 Å². The molecule has 1 atom stereocenters. The number of carbonyl (C=O) groups excluding carboxylic acids is 2. The van der Waals surface area contributed by atoms with E-state index in [9.17, 15) is 9.59 Å². The summed E-state index contributed by atoms with van der Waals surface area (Å²) in [4.78, 5) is 22.6. The Morgan fingerprint density at radius 1 is 1.33 bits per heavy atom. The molecule has 1 aliphatic heterocycles. The van der Waals surface area contributed by atoms with Crippen molar-refractivity contribution in [2.45, 2.75) is 25.4 Å². The van der Waals surface area contributed by atoms with E-state index in [0.717, 1.165) is 0 Å². The molecule has 0 N–H and O–H groups in total. The smallest absolute Gasteiger partial charge is 0.306 e. The highest BCUT2D eigenvalue weighted by atomic mass is 16.5. The van der Waals surface area contributed by atoms with Crippen molar-refractivity contribution in [3.8, 4) is 0 Å². The van der Waals surface area contributed by atoms with Gasteiger partial charge in [-0.1, -0.05) is 30.3 Å². The highest BCUT2D eigenvalue weighted by Gasteiger charge is 2.25. The molecule has 0 saturated carbocycles. The maximum Gasteiger partial charge on any atom is 0.306 e. The fourth-order valence-electron chi connectivity index (χ4n) is 1.67. The zero-order valence-electron chi connectivity index (χ0n) is 8.31. The highest BCUT2D eigenvalue weighted by molar-refractivity contribution is 5.96. The molecule has 15 heavy (non-hydrogen) atoms. The average molecular weight is 204 g/mol. The summed E-state index contributed by atoms with van der Waals surface area (Å²) < 4.78 is 4.99. The standard InChI is InChI=1S/C12H12O3/c13-11(9-4-2-1-3-5-9)8-10-6-7-12(14)15-10/h1-5,10H,6-8H2. The first-order chi connectivity index (χ1) is 7.25. The lowest BCUT2D eigenvalue weighted by atomic mass is 10.0. The summed E-state index contributed by atoms with van der Waals surface area (Å²) in [6.07, 6.45) is 1.19. The second-order valence-corrected chi connectivity index (χ2v) is 3.64. The summed E-state index contributed by atoms with van der Waals surface area (Å²) in [6, 6.07) is 9.08. The van der Waals surface area contributed by atoms with Crippen LogP contribution in [0.2, 0.25) is 0 Å². The van der Waals surface area contributed by atoms with Gasteiger partial charge < -0.3 is 4.74 Å². The van der Waals surface area contributed by atoms with Crippen molar-refractivity contribution in [2.75, 3.05) is 0 Å². The van der Waals surface area contributed by atoms with Crippen LogP contribution in [0, 0.1) is 0 Å². The van der Waals surface area contributed by atoms with Gasteiger partial charge in [0.1, 0.15) is 6.10 Å². The molecule has 0 spiro atoms. The van der Waals surface area contributed by atoms with Crippen LogP contribution < -0.4 is 0 Å². The third-order valence-corrected chi connectivity index (χ3v) is 2.48. The van der Waals surface area contributed by atoms with Crippen molar-refractivity contribution in [1.29, 1.82) is 0 Å². The number of ketones is 1. The van der Waals surface area contributed by atoms with Gasteiger partial charge in [0.15, 0.2) is 5.78 Å². The van der Waals surface area contributed by atoms with Crippen molar-refractivity contribution in [3.63, 3.8) is 0 Å². The second kappa shape index (κ2) is 4.26. The van der Waals surface area contributed by atoms with Gasteiger partial charge in [0.05, 0.1) is 0 Å². The summed E-state index contributed by atoms with van der Waals surface area (Å²) in [5.41, 5.74) is 0.681. The number of Topliss-reactive ketones (excluding diaryl/α,β-unsaturated/α-hetero) is 1. The van der Waals surface area contributed by atoms with Crippen LogP contribution in [0.4, 0.5) is 0 Å². The summed E-state index contributed by atoms with van der Waals surface area (Å²) in [5.74, 6) is -0.156. The van der Waals surface area contributed by atoms with Crippen molar-refractivity contribution in [3.05, 3.63) is 35.9 Å². The largest absolute Gasteiger partial charge is 0.462 e. The third-order valence-electron chi connectivity index (χ3n) is 2.48. The molecule has 2 rings (SSSR count). The minimum Gasteiger partial charge on any atom is -0.462 e. The lowest BCUT2D eigenvalue weighted by molar-refractivity contribution is -0.141. The van der Waals surface area contributed by atoms with E-state index in [4.69, 9.17) is 4.74 Å². The molecular formula is C12H12O3. The van der Waals surface area contributed by atoms with Crippen LogP contribution in [0.3, 0.4) is 0 Å². The first-order valence-electron chi connectivity index (χ1n) is 5.03. The fraction of sp³-hybridized carbons (Fsp3) is 0.333. The molecule has 1 fully saturated rings. The summed E-state index contributed by atoms with van der Waals surface area (Å²) >= 11 is 0. The Morgan fingerprint density at radius 3 is 2.67 bits per heavy atom. The molecule has 78 valence electrons. The quantitative estimate of drug-likeness (QED) is 0.558. The summed E-state index contributed by atoms with van der Waals surface area (Å²) in [5, 5.41) is 0. The number of benzene rings is 1. The van der Waals surface area contributed by atoms with E-state index in [0.29, 0.717) is 24.8 Å². The lowest BCUT2D eigenvalue weighted by Crippen LogP contribution is -2.13. The molecule has 0 radical (unpaired) electrons. The summed E-state index contributed by atoms with van der Waals surface area (Å²) in [6.45, 7) is 0. The Bertz CT molecular complexity index is 370. The molecule has 1 aromatic carbocycles. The van der Waals surface area contributed by atoms with Gasteiger partial charge in [-0.25, -0.2) is 0 Å². The zero-order chi connectivity index (χ0) is 10.7. The number of rotatable bonds is 3. The van der Waals surface area contributed by atoms with E-state index < -0.39 is 0 Å². The fourth-order valence-corrected chi connectivity index (χ4v) is 1.67. The van der Waals surface area contributed by atoms with Crippen LogP contribution in [0.15, 0.2) is 30.3 Å². The number of ether oxygens (including phenoxy) is 1. The van der Waals surface area contributed by atoms with Gasteiger partial charge in [-0.2, -0.15) is 0 Å². The Kier molecular flexibility index (Phi) is 2.81. The third kappa shape index (κ3) is 2.43. The minimum absolute atomic E-state index is 0.0373. The van der Waals surface area contributed by atoms with Crippen LogP contribution in [0.25, 0.3) is 0 Å². The van der Waals surface area contributed by atoms with Crippen LogP contribution in [0.5, 0.6) is 0 Å². The van der Waals surface area contributed by atoms with Crippen LogP contribution in [-0.2, 0) is 9.53 Å². The molecule has 3 nitrogen and oxygen atoms in total. The van der Waals surface area contributed by atoms with Crippen LogP contribution in [-0.4, -0.2) is 17.9 Å². The molecule has 1 aliphatic rings. The zero-order valence-corrected chi connectivity index (χ0v) is 8.31. The molecule has 0 bridgehead atoms.